The first kappa shape index (κ1) is 16.7. The van der Waals surface area contributed by atoms with Crippen molar-refractivity contribution >= 4 is 15.9 Å². The van der Waals surface area contributed by atoms with E-state index in [1.165, 1.54) is 5.56 Å². The summed E-state index contributed by atoms with van der Waals surface area (Å²) in [5.74, 6) is -0.201. The summed E-state index contributed by atoms with van der Waals surface area (Å²) >= 11 is 0. The molecule has 0 aliphatic heterocycles. The van der Waals surface area contributed by atoms with Gasteiger partial charge in [-0.05, 0) is 48.9 Å². The molecule has 0 aromatic heterocycles. The minimum absolute atomic E-state index is 0.0857. The molecule has 2 rings (SSSR count). The maximum atomic E-state index is 12.3. The summed E-state index contributed by atoms with van der Waals surface area (Å²) in [4.78, 5) is 11.7. The summed E-state index contributed by atoms with van der Waals surface area (Å²) in [5.41, 5.74) is 2.37. The summed E-state index contributed by atoms with van der Waals surface area (Å²) in [6.45, 7) is 3.97. The highest BCUT2D eigenvalue weighted by molar-refractivity contribution is 7.89. The van der Waals surface area contributed by atoms with E-state index >= 15 is 0 Å². The molecule has 0 saturated carbocycles. The van der Waals surface area contributed by atoms with E-state index in [4.69, 9.17) is 0 Å². The smallest absolute Gasteiger partial charge is 0.240 e. The van der Waals surface area contributed by atoms with Crippen molar-refractivity contribution in [1.29, 1.82) is 0 Å². The van der Waals surface area contributed by atoms with Crippen LogP contribution in [0, 0.1) is 0 Å². The van der Waals surface area contributed by atoms with Crippen molar-refractivity contribution in [2.45, 2.75) is 37.0 Å². The predicted molar refractivity (Wildman–Crippen MR) is 86.1 cm³/mol. The second-order valence-electron chi connectivity index (χ2n) is 5.38. The Morgan fingerprint density at radius 1 is 1.23 bits per heavy atom. The number of hydrogen-bond donors (Lipinski definition) is 2. The lowest BCUT2D eigenvalue weighted by Gasteiger charge is -2.16. The van der Waals surface area contributed by atoms with E-state index < -0.39 is 10.0 Å². The molecule has 0 bridgehead atoms. The Kier molecular flexibility index (Phi) is 5.74. The van der Waals surface area contributed by atoms with Gasteiger partial charge in [0.05, 0.1) is 4.90 Å². The Morgan fingerprint density at radius 3 is 2.68 bits per heavy atom. The van der Waals surface area contributed by atoms with Gasteiger partial charge >= 0.3 is 0 Å². The maximum absolute atomic E-state index is 12.3. The number of nitrogens with one attached hydrogen (secondary N) is 2. The highest BCUT2D eigenvalue weighted by Crippen LogP contribution is 2.23. The van der Waals surface area contributed by atoms with Gasteiger partial charge in [-0.1, -0.05) is 12.1 Å². The van der Waals surface area contributed by atoms with Crippen molar-refractivity contribution in [3.63, 3.8) is 0 Å². The number of amides is 1. The third kappa shape index (κ3) is 4.42. The minimum Gasteiger partial charge on any atom is -0.353 e. The molecule has 1 aliphatic carbocycles. The van der Waals surface area contributed by atoms with Crippen LogP contribution in [0.2, 0.25) is 0 Å². The van der Waals surface area contributed by atoms with Crippen LogP contribution in [0.5, 0.6) is 0 Å². The zero-order chi connectivity index (χ0) is 16.0. The van der Waals surface area contributed by atoms with Crippen LogP contribution in [0.1, 0.15) is 30.4 Å². The summed E-state index contributed by atoms with van der Waals surface area (Å²) in [6.07, 6.45) is 5.91. The number of aryl methyl sites for hydroxylation is 2. The van der Waals surface area contributed by atoms with Gasteiger partial charge in [0.25, 0.3) is 0 Å². The molecule has 0 atom stereocenters. The highest BCUT2D eigenvalue weighted by atomic mass is 32.2. The van der Waals surface area contributed by atoms with Crippen LogP contribution in [-0.2, 0) is 27.7 Å². The monoisotopic (exact) mass is 322 g/mol. The maximum Gasteiger partial charge on any atom is 0.240 e. The van der Waals surface area contributed by atoms with Gasteiger partial charge in [0, 0.05) is 19.5 Å². The lowest BCUT2D eigenvalue weighted by molar-refractivity contribution is -0.120. The second kappa shape index (κ2) is 7.56. The number of hydrogen-bond acceptors (Lipinski definition) is 3. The quantitative estimate of drug-likeness (QED) is 0.748. The Bertz CT molecular complexity index is 653. The standard InChI is InChI=1S/C16H22N2O3S/c1-2-10-17-16(19)9-11-18-22(20,21)15-8-7-13-5-3-4-6-14(13)12-15/h2,7-8,12,18H,1,3-6,9-11H2,(H,17,19). The molecular formula is C16H22N2O3S. The fourth-order valence-electron chi connectivity index (χ4n) is 2.53. The molecule has 1 amide bonds. The molecule has 0 unspecified atom stereocenters. The zero-order valence-corrected chi connectivity index (χ0v) is 13.4. The van der Waals surface area contributed by atoms with Crippen molar-refractivity contribution in [3.05, 3.63) is 42.0 Å². The number of rotatable bonds is 7. The van der Waals surface area contributed by atoms with E-state index in [-0.39, 0.29) is 23.8 Å². The number of fused-ring (bicyclic) bond motifs is 1. The fraction of sp³-hybridized carbons (Fsp3) is 0.438. The van der Waals surface area contributed by atoms with Gasteiger partial charge in [-0.25, -0.2) is 13.1 Å². The van der Waals surface area contributed by atoms with Crippen molar-refractivity contribution < 1.29 is 13.2 Å². The van der Waals surface area contributed by atoms with E-state index in [0.29, 0.717) is 6.54 Å². The average molecular weight is 322 g/mol. The first-order chi connectivity index (χ1) is 10.5. The van der Waals surface area contributed by atoms with Gasteiger partial charge in [0.15, 0.2) is 0 Å². The summed E-state index contributed by atoms with van der Waals surface area (Å²) in [5, 5.41) is 2.61. The molecule has 22 heavy (non-hydrogen) atoms. The third-order valence-electron chi connectivity index (χ3n) is 3.72. The second-order valence-corrected chi connectivity index (χ2v) is 7.15. The average Bonchev–Trinajstić information content (AvgIpc) is 2.52. The third-order valence-corrected chi connectivity index (χ3v) is 5.18. The molecule has 5 nitrogen and oxygen atoms in total. The topological polar surface area (TPSA) is 75.3 Å². The van der Waals surface area contributed by atoms with Crippen LogP contribution in [0.4, 0.5) is 0 Å². The van der Waals surface area contributed by atoms with Crippen LogP contribution in [0.25, 0.3) is 0 Å². The van der Waals surface area contributed by atoms with Crippen LogP contribution in [-0.4, -0.2) is 27.4 Å². The molecule has 1 aromatic carbocycles. The molecule has 120 valence electrons. The van der Waals surface area contributed by atoms with Crippen molar-refractivity contribution in [1.82, 2.24) is 10.0 Å². The molecule has 1 aliphatic rings. The fourth-order valence-corrected chi connectivity index (χ4v) is 3.62. The molecule has 0 heterocycles. The number of sulfonamides is 1. The highest BCUT2D eigenvalue weighted by Gasteiger charge is 2.17. The largest absolute Gasteiger partial charge is 0.353 e. The van der Waals surface area contributed by atoms with Crippen LogP contribution >= 0.6 is 0 Å². The van der Waals surface area contributed by atoms with Crippen molar-refractivity contribution in [2.75, 3.05) is 13.1 Å². The Balaban J connectivity index is 1.95. The van der Waals surface area contributed by atoms with Gasteiger partial charge in [0.2, 0.25) is 15.9 Å². The molecule has 0 radical (unpaired) electrons. The van der Waals surface area contributed by atoms with Crippen LogP contribution in [0.15, 0.2) is 35.7 Å². The normalized spacial score (nSPS) is 14.2. The van der Waals surface area contributed by atoms with E-state index in [1.54, 1.807) is 18.2 Å². The Labute approximate surface area is 131 Å². The van der Waals surface area contributed by atoms with E-state index in [0.717, 1.165) is 31.2 Å². The first-order valence-corrected chi connectivity index (χ1v) is 9.00. The SMILES string of the molecule is C=CCNC(=O)CCNS(=O)(=O)c1ccc2c(c1)CCCC2. The minimum atomic E-state index is -3.56. The predicted octanol–water partition coefficient (Wildman–Crippen LogP) is 1.54. The van der Waals surface area contributed by atoms with Crippen molar-refractivity contribution in [2.24, 2.45) is 0 Å². The molecule has 6 heteroatoms. The first-order valence-electron chi connectivity index (χ1n) is 7.52. The van der Waals surface area contributed by atoms with Crippen molar-refractivity contribution in [3.8, 4) is 0 Å². The molecule has 0 fully saturated rings. The summed E-state index contributed by atoms with van der Waals surface area (Å²) < 4.78 is 27.0. The summed E-state index contributed by atoms with van der Waals surface area (Å²) in [7, 11) is -3.56. The molecule has 1 aromatic rings. The van der Waals surface area contributed by atoms with Crippen LogP contribution in [0.3, 0.4) is 0 Å². The van der Waals surface area contributed by atoms with E-state index in [1.807, 2.05) is 6.07 Å². The van der Waals surface area contributed by atoms with Gasteiger partial charge < -0.3 is 5.32 Å². The summed E-state index contributed by atoms with van der Waals surface area (Å²) in [6, 6.07) is 5.30. The Hall–Kier alpha value is -1.66. The molecular weight excluding hydrogens is 300 g/mol. The number of carbonyl (C=O) groups excluding carboxylic acids is 1. The lowest BCUT2D eigenvalue weighted by atomic mass is 9.92. The van der Waals surface area contributed by atoms with Crippen LogP contribution < -0.4 is 10.0 Å². The van der Waals surface area contributed by atoms with Gasteiger partial charge in [-0.2, -0.15) is 0 Å². The van der Waals surface area contributed by atoms with Gasteiger partial charge in [-0.3, -0.25) is 4.79 Å². The van der Waals surface area contributed by atoms with Gasteiger partial charge in [-0.15, -0.1) is 6.58 Å². The van der Waals surface area contributed by atoms with E-state index in [9.17, 15) is 13.2 Å². The van der Waals surface area contributed by atoms with E-state index in [2.05, 4.69) is 16.6 Å². The number of benzene rings is 1. The van der Waals surface area contributed by atoms with Gasteiger partial charge in [0.1, 0.15) is 0 Å². The zero-order valence-electron chi connectivity index (χ0n) is 12.6. The molecule has 2 N–H and O–H groups in total. The lowest BCUT2D eigenvalue weighted by Crippen LogP contribution is -2.31. The molecule has 0 spiro atoms. The molecule has 0 saturated heterocycles. The Morgan fingerprint density at radius 2 is 1.95 bits per heavy atom. The number of carbonyl (C=O) groups is 1.